The second-order valence-electron chi connectivity index (χ2n) is 2.81. The summed E-state index contributed by atoms with van der Waals surface area (Å²) in [5.41, 5.74) is 5.77. The molecular formula is C9H7N2O2S. The minimum Gasteiger partial charge on any atom is -0.368 e. The molecule has 1 heterocycles. The lowest BCUT2D eigenvalue weighted by Crippen LogP contribution is -2.39. The maximum absolute atomic E-state index is 11.4. The van der Waals surface area contributed by atoms with E-state index in [1.807, 2.05) is 0 Å². The molecule has 0 aliphatic carbocycles. The number of fused-ring (bicyclic) bond motifs is 1. The van der Waals surface area contributed by atoms with Crippen molar-refractivity contribution in [2.45, 2.75) is 10.1 Å². The van der Waals surface area contributed by atoms with Crippen LogP contribution in [-0.2, 0) is 9.59 Å². The number of carbonyl (C=O) groups is 2. The Kier molecular flexibility index (Phi) is 2.17. The number of primary amides is 1. The summed E-state index contributed by atoms with van der Waals surface area (Å²) in [4.78, 5) is 23.1. The smallest absolute Gasteiger partial charge is 0.247 e. The predicted octanol–water partition coefficient (Wildman–Crippen LogP) is 0.385. The second kappa shape index (κ2) is 3.34. The molecule has 3 N–H and O–H groups in total. The van der Waals surface area contributed by atoms with Gasteiger partial charge in [0.1, 0.15) is 0 Å². The summed E-state index contributed by atoms with van der Waals surface area (Å²) in [6.45, 7) is 0. The zero-order valence-corrected chi connectivity index (χ0v) is 7.93. The van der Waals surface area contributed by atoms with Gasteiger partial charge >= 0.3 is 0 Å². The van der Waals surface area contributed by atoms with Crippen molar-refractivity contribution in [3.8, 4) is 0 Å². The number of hydrogen-bond acceptors (Lipinski definition) is 3. The lowest BCUT2D eigenvalue weighted by Gasteiger charge is -2.21. The van der Waals surface area contributed by atoms with E-state index in [0.29, 0.717) is 5.69 Å². The number of anilines is 1. The van der Waals surface area contributed by atoms with Gasteiger partial charge in [-0.3, -0.25) is 9.59 Å². The Morgan fingerprint density at radius 3 is 3.14 bits per heavy atom. The van der Waals surface area contributed by atoms with Gasteiger partial charge in [-0.05, 0) is 18.2 Å². The molecular weight excluding hydrogens is 200 g/mol. The van der Waals surface area contributed by atoms with Crippen molar-refractivity contribution in [1.29, 1.82) is 0 Å². The van der Waals surface area contributed by atoms with E-state index < -0.39 is 11.2 Å². The monoisotopic (exact) mass is 207 g/mol. The molecule has 4 nitrogen and oxygen atoms in total. The molecule has 2 amide bonds. The average Bonchev–Trinajstić information content (AvgIpc) is 2.16. The second-order valence-corrected chi connectivity index (χ2v) is 3.96. The lowest BCUT2D eigenvalue weighted by molar-refractivity contribution is -0.124. The Morgan fingerprint density at radius 2 is 2.43 bits per heavy atom. The molecule has 14 heavy (non-hydrogen) atoms. The van der Waals surface area contributed by atoms with Gasteiger partial charge in [0.15, 0.2) is 5.25 Å². The predicted molar refractivity (Wildman–Crippen MR) is 52.7 cm³/mol. The minimum absolute atomic E-state index is 0.366. The van der Waals surface area contributed by atoms with Crippen molar-refractivity contribution in [3.05, 3.63) is 24.3 Å². The summed E-state index contributed by atoms with van der Waals surface area (Å²) in [5, 5.41) is 1.77. The first kappa shape index (κ1) is 9.08. The lowest BCUT2D eigenvalue weighted by atomic mass is 10.3. The van der Waals surface area contributed by atoms with Gasteiger partial charge in [-0.2, -0.15) is 0 Å². The van der Waals surface area contributed by atoms with Crippen molar-refractivity contribution in [2.24, 2.45) is 5.73 Å². The normalized spacial score (nSPS) is 19.7. The van der Waals surface area contributed by atoms with E-state index in [-0.39, 0.29) is 5.91 Å². The number of nitrogens with one attached hydrogen (secondary N) is 1. The van der Waals surface area contributed by atoms with Crippen LogP contribution in [0.25, 0.3) is 0 Å². The van der Waals surface area contributed by atoms with Crippen LogP contribution in [0.1, 0.15) is 0 Å². The maximum atomic E-state index is 11.4. The zero-order valence-electron chi connectivity index (χ0n) is 7.11. The van der Waals surface area contributed by atoms with E-state index in [1.54, 1.807) is 18.2 Å². The van der Waals surface area contributed by atoms with Crippen LogP contribution < -0.4 is 11.1 Å². The van der Waals surface area contributed by atoms with E-state index in [2.05, 4.69) is 11.4 Å². The molecule has 1 aromatic rings. The molecule has 1 radical (unpaired) electrons. The van der Waals surface area contributed by atoms with E-state index in [9.17, 15) is 9.59 Å². The molecule has 1 aliphatic rings. The minimum atomic E-state index is -0.829. The van der Waals surface area contributed by atoms with Gasteiger partial charge in [-0.15, -0.1) is 11.8 Å². The maximum Gasteiger partial charge on any atom is 0.247 e. The molecule has 1 atom stereocenters. The largest absolute Gasteiger partial charge is 0.368 e. The molecule has 1 unspecified atom stereocenters. The Morgan fingerprint density at radius 1 is 1.64 bits per heavy atom. The fourth-order valence-corrected chi connectivity index (χ4v) is 2.10. The van der Waals surface area contributed by atoms with Crippen LogP contribution in [0.3, 0.4) is 0 Å². The number of amides is 2. The van der Waals surface area contributed by atoms with Crippen LogP contribution in [0.2, 0.25) is 0 Å². The van der Waals surface area contributed by atoms with E-state index in [0.717, 1.165) is 4.90 Å². The van der Waals surface area contributed by atoms with Crippen LogP contribution in [0.4, 0.5) is 5.69 Å². The van der Waals surface area contributed by atoms with E-state index >= 15 is 0 Å². The van der Waals surface area contributed by atoms with Gasteiger partial charge < -0.3 is 11.1 Å². The Balaban J connectivity index is 2.36. The zero-order chi connectivity index (χ0) is 10.1. The first-order chi connectivity index (χ1) is 6.68. The van der Waals surface area contributed by atoms with Crippen molar-refractivity contribution in [2.75, 3.05) is 5.32 Å². The molecule has 0 saturated carbocycles. The summed E-state index contributed by atoms with van der Waals surface area (Å²) in [6, 6.07) is 8.02. The molecule has 0 spiro atoms. The van der Waals surface area contributed by atoms with Crippen LogP contribution in [0.5, 0.6) is 0 Å². The Hall–Kier alpha value is -1.49. The molecule has 0 saturated heterocycles. The van der Waals surface area contributed by atoms with Gasteiger partial charge in [-0.25, -0.2) is 0 Å². The third kappa shape index (κ3) is 1.46. The summed E-state index contributed by atoms with van der Waals surface area (Å²) in [6.07, 6.45) is 0. The number of thioether (sulfide) groups is 1. The standard InChI is InChI=1S/C9H7N2O2S/c10-8(12)7-9(13)11-5-3-1-2-4-6(5)14-7/h2-4,7H,(H2,10,12)(H,11,13). The fourth-order valence-electron chi connectivity index (χ4n) is 1.18. The number of carbonyl (C=O) groups excluding carboxylic acids is 2. The van der Waals surface area contributed by atoms with Crippen molar-refractivity contribution >= 4 is 29.3 Å². The third-order valence-corrected chi connectivity index (χ3v) is 3.12. The average molecular weight is 207 g/mol. The first-order valence-electron chi connectivity index (χ1n) is 3.95. The summed E-state index contributed by atoms with van der Waals surface area (Å²) in [5.74, 6) is -0.986. The Labute approximate surface area is 84.9 Å². The summed E-state index contributed by atoms with van der Waals surface area (Å²) in [7, 11) is 0. The molecule has 0 aromatic heterocycles. The summed E-state index contributed by atoms with van der Waals surface area (Å²) >= 11 is 1.17. The van der Waals surface area contributed by atoms with Gasteiger partial charge in [0.2, 0.25) is 11.8 Å². The van der Waals surface area contributed by atoms with Gasteiger partial charge in [-0.1, -0.05) is 6.07 Å². The quantitative estimate of drug-likeness (QED) is 0.654. The highest BCUT2D eigenvalue weighted by molar-refractivity contribution is 8.01. The molecule has 0 bridgehead atoms. The SMILES string of the molecule is NC(=O)C1Sc2cc[c]cc2NC1=O. The van der Waals surface area contributed by atoms with Crippen molar-refractivity contribution < 1.29 is 9.59 Å². The van der Waals surface area contributed by atoms with Crippen LogP contribution in [-0.4, -0.2) is 17.1 Å². The van der Waals surface area contributed by atoms with Gasteiger partial charge in [0, 0.05) is 4.90 Å². The van der Waals surface area contributed by atoms with Gasteiger partial charge in [0.05, 0.1) is 5.69 Å². The summed E-state index contributed by atoms with van der Waals surface area (Å²) < 4.78 is 0. The van der Waals surface area contributed by atoms with Crippen LogP contribution >= 0.6 is 11.8 Å². The molecule has 71 valence electrons. The van der Waals surface area contributed by atoms with Crippen LogP contribution in [0.15, 0.2) is 23.1 Å². The number of benzene rings is 1. The first-order valence-corrected chi connectivity index (χ1v) is 4.83. The molecule has 0 fully saturated rings. The number of hydrogen-bond donors (Lipinski definition) is 2. The highest BCUT2D eigenvalue weighted by atomic mass is 32.2. The fraction of sp³-hybridized carbons (Fsp3) is 0.111. The molecule has 5 heteroatoms. The number of rotatable bonds is 1. The van der Waals surface area contributed by atoms with E-state index in [4.69, 9.17) is 5.73 Å². The third-order valence-electron chi connectivity index (χ3n) is 1.82. The molecule has 1 aliphatic heterocycles. The highest BCUT2D eigenvalue weighted by Gasteiger charge is 2.30. The number of nitrogens with two attached hydrogens (primary N) is 1. The molecule has 1 aromatic carbocycles. The topological polar surface area (TPSA) is 72.2 Å². The van der Waals surface area contributed by atoms with Gasteiger partial charge in [0.25, 0.3) is 0 Å². The van der Waals surface area contributed by atoms with Crippen molar-refractivity contribution in [1.82, 2.24) is 0 Å². The molecule has 2 rings (SSSR count). The van der Waals surface area contributed by atoms with Crippen molar-refractivity contribution in [3.63, 3.8) is 0 Å². The highest BCUT2D eigenvalue weighted by Crippen LogP contribution is 2.34. The van der Waals surface area contributed by atoms with Crippen LogP contribution in [0, 0.1) is 6.07 Å². The van der Waals surface area contributed by atoms with E-state index in [1.165, 1.54) is 11.8 Å². The Bertz CT molecular complexity index is 406.